The fourth-order valence-corrected chi connectivity index (χ4v) is 3.58. The van der Waals surface area contributed by atoms with Crippen LogP contribution in [0.15, 0.2) is 30.6 Å². The third-order valence-corrected chi connectivity index (χ3v) is 4.83. The lowest BCUT2D eigenvalue weighted by atomic mass is 10.1. The predicted octanol–water partition coefficient (Wildman–Crippen LogP) is 3.01. The summed E-state index contributed by atoms with van der Waals surface area (Å²) >= 11 is 1.48. The summed E-state index contributed by atoms with van der Waals surface area (Å²) < 4.78 is 0. The molecule has 0 radical (unpaired) electrons. The van der Waals surface area contributed by atoms with Crippen LogP contribution in [0.3, 0.4) is 0 Å². The minimum Gasteiger partial charge on any atom is -0.398 e. The number of nitrogens with zero attached hydrogens (tertiary/aromatic N) is 2. The van der Waals surface area contributed by atoms with Crippen molar-refractivity contribution in [2.24, 2.45) is 0 Å². The number of pyridine rings is 1. The van der Waals surface area contributed by atoms with Gasteiger partial charge in [0.15, 0.2) is 0 Å². The van der Waals surface area contributed by atoms with Gasteiger partial charge in [-0.3, -0.25) is 9.78 Å². The van der Waals surface area contributed by atoms with Crippen molar-refractivity contribution in [2.75, 3.05) is 12.3 Å². The summed E-state index contributed by atoms with van der Waals surface area (Å²) in [6.45, 7) is 2.75. The molecule has 0 aliphatic carbocycles. The van der Waals surface area contributed by atoms with E-state index in [4.69, 9.17) is 5.73 Å². The van der Waals surface area contributed by atoms with Crippen molar-refractivity contribution in [3.8, 4) is 0 Å². The fraction of sp³-hybridized carbons (Fsp3) is 0.333. The number of likely N-dealkylation sites (tertiary alicyclic amines) is 1. The number of thiophene rings is 1. The van der Waals surface area contributed by atoms with E-state index in [1.54, 1.807) is 18.5 Å². The van der Waals surface area contributed by atoms with Gasteiger partial charge in [-0.15, -0.1) is 11.3 Å². The molecule has 2 aromatic rings. The maximum atomic E-state index is 12.7. The Labute approximate surface area is 122 Å². The number of nitrogens with two attached hydrogens (primary N) is 1. The zero-order valence-corrected chi connectivity index (χ0v) is 12.2. The third-order valence-electron chi connectivity index (χ3n) is 3.77. The topological polar surface area (TPSA) is 59.2 Å². The van der Waals surface area contributed by atoms with Crippen molar-refractivity contribution in [3.63, 3.8) is 0 Å². The van der Waals surface area contributed by atoms with Crippen LogP contribution in [0, 0.1) is 6.92 Å². The van der Waals surface area contributed by atoms with Crippen molar-refractivity contribution in [2.45, 2.75) is 25.8 Å². The number of carbonyl (C=O) groups excluding carboxylic acids is 1. The molecule has 104 valence electrons. The van der Waals surface area contributed by atoms with E-state index in [9.17, 15) is 4.79 Å². The average molecular weight is 287 g/mol. The van der Waals surface area contributed by atoms with Crippen molar-refractivity contribution in [1.29, 1.82) is 0 Å². The summed E-state index contributed by atoms with van der Waals surface area (Å²) in [5.41, 5.74) is 7.72. The Bertz CT molecular complexity index is 604. The molecule has 5 heteroatoms. The first kappa shape index (κ1) is 13.1. The van der Waals surface area contributed by atoms with Gasteiger partial charge >= 0.3 is 0 Å². The summed E-state index contributed by atoms with van der Waals surface area (Å²) in [6.07, 6.45) is 5.61. The minimum absolute atomic E-state index is 0.0918. The maximum absolute atomic E-state index is 12.7. The molecule has 4 nitrogen and oxygen atoms in total. The van der Waals surface area contributed by atoms with Gasteiger partial charge in [0.25, 0.3) is 5.91 Å². The van der Waals surface area contributed by atoms with Gasteiger partial charge < -0.3 is 10.6 Å². The number of aromatic nitrogens is 1. The van der Waals surface area contributed by atoms with Crippen LogP contribution in [0.25, 0.3) is 0 Å². The van der Waals surface area contributed by atoms with Crippen LogP contribution in [0.5, 0.6) is 0 Å². The Balaban J connectivity index is 1.87. The number of aryl methyl sites for hydroxylation is 1. The number of rotatable bonds is 2. The van der Waals surface area contributed by atoms with E-state index in [1.165, 1.54) is 11.3 Å². The van der Waals surface area contributed by atoms with E-state index in [-0.39, 0.29) is 11.9 Å². The number of hydrogen-bond donors (Lipinski definition) is 1. The van der Waals surface area contributed by atoms with E-state index >= 15 is 0 Å². The van der Waals surface area contributed by atoms with Crippen molar-refractivity contribution in [3.05, 3.63) is 45.9 Å². The fourth-order valence-electron chi connectivity index (χ4n) is 2.69. The maximum Gasteiger partial charge on any atom is 0.264 e. The summed E-state index contributed by atoms with van der Waals surface area (Å²) in [6, 6.07) is 5.94. The molecule has 1 aliphatic heterocycles. The van der Waals surface area contributed by atoms with E-state index in [2.05, 4.69) is 4.98 Å². The van der Waals surface area contributed by atoms with Gasteiger partial charge in [-0.2, -0.15) is 0 Å². The van der Waals surface area contributed by atoms with Gasteiger partial charge in [-0.05, 0) is 43.5 Å². The Morgan fingerprint density at radius 1 is 1.45 bits per heavy atom. The first-order valence-corrected chi connectivity index (χ1v) is 7.55. The predicted molar refractivity (Wildman–Crippen MR) is 80.7 cm³/mol. The van der Waals surface area contributed by atoms with Gasteiger partial charge in [-0.1, -0.05) is 0 Å². The normalized spacial score (nSPS) is 18.4. The molecule has 0 spiro atoms. The first-order valence-electron chi connectivity index (χ1n) is 6.73. The van der Waals surface area contributed by atoms with Gasteiger partial charge in [0.2, 0.25) is 0 Å². The zero-order valence-electron chi connectivity index (χ0n) is 11.4. The van der Waals surface area contributed by atoms with Gasteiger partial charge in [0.1, 0.15) is 0 Å². The van der Waals surface area contributed by atoms with E-state index in [0.717, 1.165) is 34.7 Å². The SMILES string of the molecule is Cc1sc(C(=O)N2CCCC2c2ccncc2)cc1N. The van der Waals surface area contributed by atoms with Gasteiger partial charge in [0, 0.05) is 29.5 Å². The smallest absolute Gasteiger partial charge is 0.264 e. The Morgan fingerprint density at radius 2 is 2.20 bits per heavy atom. The Morgan fingerprint density at radius 3 is 2.85 bits per heavy atom. The molecule has 1 amide bonds. The zero-order chi connectivity index (χ0) is 14.1. The molecule has 2 N–H and O–H groups in total. The second-order valence-electron chi connectivity index (χ2n) is 5.06. The van der Waals surface area contributed by atoms with Crippen LogP contribution in [-0.2, 0) is 0 Å². The van der Waals surface area contributed by atoms with Crippen LogP contribution in [0.1, 0.15) is 39.0 Å². The molecular weight excluding hydrogens is 270 g/mol. The Kier molecular flexibility index (Phi) is 3.44. The molecule has 2 aromatic heterocycles. The second-order valence-corrected chi connectivity index (χ2v) is 6.32. The molecule has 1 unspecified atom stereocenters. The van der Waals surface area contributed by atoms with Crippen LogP contribution in [0.2, 0.25) is 0 Å². The molecule has 3 heterocycles. The molecular formula is C15H17N3OS. The lowest BCUT2D eigenvalue weighted by Crippen LogP contribution is -2.29. The number of hydrogen-bond acceptors (Lipinski definition) is 4. The summed E-state index contributed by atoms with van der Waals surface area (Å²) in [4.78, 5) is 20.4. The van der Waals surface area contributed by atoms with Gasteiger partial charge in [-0.25, -0.2) is 0 Å². The van der Waals surface area contributed by atoms with Gasteiger partial charge in [0.05, 0.1) is 10.9 Å². The highest BCUT2D eigenvalue weighted by molar-refractivity contribution is 7.14. The molecule has 0 aromatic carbocycles. The standard InChI is InChI=1S/C15H17N3OS/c1-10-12(16)9-14(20-10)15(19)18-8-2-3-13(18)11-4-6-17-7-5-11/h4-7,9,13H,2-3,8,16H2,1H3. The second kappa shape index (κ2) is 5.25. The summed E-state index contributed by atoms with van der Waals surface area (Å²) in [7, 11) is 0. The van der Waals surface area contributed by atoms with E-state index in [0.29, 0.717) is 5.69 Å². The van der Waals surface area contributed by atoms with Crippen molar-refractivity contribution in [1.82, 2.24) is 9.88 Å². The van der Waals surface area contributed by atoms with Crippen LogP contribution < -0.4 is 5.73 Å². The van der Waals surface area contributed by atoms with Crippen molar-refractivity contribution < 1.29 is 4.79 Å². The highest BCUT2D eigenvalue weighted by atomic mass is 32.1. The molecule has 0 bridgehead atoms. The van der Waals surface area contributed by atoms with Crippen LogP contribution in [-0.4, -0.2) is 22.3 Å². The van der Waals surface area contributed by atoms with Crippen molar-refractivity contribution >= 4 is 22.9 Å². The molecule has 1 aliphatic rings. The summed E-state index contributed by atoms with van der Waals surface area (Å²) in [5, 5.41) is 0. The molecule has 20 heavy (non-hydrogen) atoms. The average Bonchev–Trinajstić information content (AvgIpc) is 3.07. The number of carbonyl (C=O) groups is 1. The summed E-state index contributed by atoms with van der Waals surface area (Å²) in [5.74, 6) is 0.0918. The lowest BCUT2D eigenvalue weighted by molar-refractivity contribution is 0.0740. The minimum atomic E-state index is 0.0918. The number of nitrogen functional groups attached to an aromatic ring is 1. The monoisotopic (exact) mass is 287 g/mol. The van der Waals surface area contributed by atoms with E-state index < -0.39 is 0 Å². The highest BCUT2D eigenvalue weighted by Crippen LogP contribution is 2.34. The number of anilines is 1. The molecule has 1 saturated heterocycles. The first-order chi connectivity index (χ1) is 9.66. The lowest BCUT2D eigenvalue weighted by Gasteiger charge is -2.24. The Hall–Kier alpha value is -1.88. The molecule has 1 fully saturated rings. The largest absolute Gasteiger partial charge is 0.398 e. The van der Waals surface area contributed by atoms with E-state index in [1.807, 2.05) is 24.0 Å². The molecule has 0 saturated carbocycles. The highest BCUT2D eigenvalue weighted by Gasteiger charge is 2.31. The third kappa shape index (κ3) is 2.29. The quantitative estimate of drug-likeness (QED) is 0.923. The molecule has 1 atom stereocenters. The molecule has 3 rings (SSSR count). The number of amides is 1. The van der Waals surface area contributed by atoms with Crippen LogP contribution in [0.4, 0.5) is 5.69 Å². The van der Waals surface area contributed by atoms with Crippen LogP contribution >= 0.6 is 11.3 Å².